The fourth-order valence-corrected chi connectivity index (χ4v) is 2.59. The second-order valence-electron chi connectivity index (χ2n) is 5.04. The number of amides is 1. The molecule has 1 heterocycles. The standard InChI is InChI=1S/C15H23N3O2.2ClH/c1-20-14-5-3-2-4-13(14)18-10-7-12(8-11-18)17-15(19)6-9-16;;/h2-5,12H,6-11,16H2,1H3,(H,17,19);2*1H. The van der Waals surface area contributed by atoms with Crippen LogP contribution >= 0.6 is 24.8 Å². The Bertz CT molecular complexity index is 452. The highest BCUT2D eigenvalue weighted by Gasteiger charge is 2.22. The van der Waals surface area contributed by atoms with Gasteiger partial charge in [-0.3, -0.25) is 4.79 Å². The van der Waals surface area contributed by atoms with Crippen molar-refractivity contribution in [3.8, 4) is 5.75 Å². The molecule has 1 aromatic carbocycles. The maximum atomic E-state index is 11.5. The van der Waals surface area contributed by atoms with Gasteiger partial charge in [0, 0.05) is 32.1 Å². The number of hydrogen-bond acceptors (Lipinski definition) is 4. The van der Waals surface area contributed by atoms with Gasteiger partial charge in [0.1, 0.15) is 5.75 Å². The third-order valence-electron chi connectivity index (χ3n) is 3.66. The Labute approximate surface area is 144 Å². The van der Waals surface area contributed by atoms with Crippen molar-refractivity contribution in [2.45, 2.75) is 25.3 Å². The molecular weight excluding hydrogens is 325 g/mol. The molecule has 0 spiro atoms. The van der Waals surface area contributed by atoms with Crippen molar-refractivity contribution >= 4 is 36.4 Å². The molecule has 0 aromatic heterocycles. The average Bonchev–Trinajstić information content (AvgIpc) is 2.48. The zero-order valence-electron chi connectivity index (χ0n) is 12.8. The number of nitrogens with zero attached hydrogens (tertiary/aromatic N) is 1. The maximum absolute atomic E-state index is 11.5. The molecule has 0 radical (unpaired) electrons. The van der Waals surface area contributed by atoms with Gasteiger partial charge in [-0.15, -0.1) is 24.8 Å². The molecule has 1 amide bonds. The van der Waals surface area contributed by atoms with Crippen LogP contribution in [0.25, 0.3) is 0 Å². The summed E-state index contributed by atoms with van der Waals surface area (Å²) >= 11 is 0. The summed E-state index contributed by atoms with van der Waals surface area (Å²) in [6.07, 6.45) is 2.31. The first-order valence-electron chi connectivity index (χ1n) is 7.12. The lowest BCUT2D eigenvalue weighted by Crippen LogP contribution is -2.45. The molecule has 1 aromatic rings. The molecule has 0 saturated carbocycles. The molecule has 0 bridgehead atoms. The summed E-state index contributed by atoms with van der Waals surface area (Å²) < 4.78 is 5.40. The Morgan fingerprint density at radius 1 is 1.32 bits per heavy atom. The Kier molecular flexibility index (Phi) is 9.98. The van der Waals surface area contributed by atoms with Crippen molar-refractivity contribution in [3.63, 3.8) is 0 Å². The molecule has 1 aliphatic heterocycles. The van der Waals surface area contributed by atoms with E-state index in [2.05, 4.69) is 16.3 Å². The molecule has 0 unspecified atom stereocenters. The summed E-state index contributed by atoms with van der Waals surface area (Å²) in [5, 5.41) is 3.04. The van der Waals surface area contributed by atoms with Gasteiger partial charge in [-0.25, -0.2) is 0 Å². The summed E-state index contributed by atoms with van der Waals surface area (Å²) in [4.78, 5) is 13.8. The number of piperidine rings is 1. The summed E-state index contributed by atoms with van der Waals surface area (Å²) in [5.41, 5.74) is 6.51. The van der Waals surface area contributed by atoms with Gasteiger partial charge in [-0.1, -0.05) is 12.1 Å². The average molecular weight is 350 g/mol. The minimum absolute atomic E-state index is 0. The number of nitrogens with two attached hydrogens (primary N) is 1. The van der Waals surface area contributed by atoms with E-state index >= 15 is 0 Å². The number of carbonyl (C=O) groups excluding carboxylic acids is 1. The molecule has 0 aliphatic carbocycles. The maximum Gasteiger partial charge on any atom is 0.221 e. The van der Waals surface area contributed by atoms with E-state index in [1.54, 1.807) is 7.11 Å². The van der Waals surface area contributed by atoms with E-state index < -0.39 is 0 Å². The number of ether oxygens (including phenoxy) is 1. The van der Waals surface area contributed by atoms with Crippen LogP contribution in [0.2, 0.25) is 0 Å². The molecule has 1 saturated heterocycles. The number of hydrogen-bond donors (Lipinski definition) is 2. The number of anilines is 1. The van der Waals surface area contributed by atoms with Gasteiger partial charge >= 0.3 is 0 Å². The molecule has 1 fully saturated rings. The first kappa shape index (κ1) is 20.8. The monoisotopic (exact) mass is 349 g/mol. The first-order valence-corrected chi connectivity index (χ1v) is 7.12. The predicted octanol–water partition coefficient (Wildman–Crippen LogP) is 1.97. The van der Waals surface area contributed by atoms with Crippen LogP contribution in [0.5, 0.6) is 5.75 Å². The number of para-hydroxylation sites is 2. The Balaban J connectivity index is 0.00000220. The van der Waals surface area contributed by atoms with Gasteiger partial charge in [0.15, 0.2) is 0 Å². The zero-order valence-corrected chi connectivity index (χ0v) is 14.4. The van der Waals surface area contributed by atoms with E-state index in [9.17, 15) is 4.79 Å². The van der Waals surface area contributed by atoms with E-state index in [0.717, 1.165) is 37.4 Å². The van der Waals surface area contributed by atoms with Crippen molar-refractivity contribution in [2.75, 3.05) is 31.6 Å². The largest absolute Gasteiger partial charge is 0.495 e. The van der Waals surface area contributed by atoms with Crippen molar-refractivity contribution in [2.24, 2.45) is 5.73 Å². The normalized spacial score (nSPS) is 14.5. The Morgan fingerprint density at radius 2 is 1.95 bits per heavy atom. The molecule has 7 heteroatoms. The van der Waals surface area contributed by atoms with E-state index in [4.69, 9.17) is 10.5 Å². The number of rotatable bonds is 5. The molecule has 5 nitrogen and oxygen atoms in total. The smallest absolute Gasteiger partial charge is 0.221 e. The topological polar surface area (TPSA) is 67.6 Å². The van der Waals surface area contributed by atoms with Gasteiger partial charge in [0.25, 0.3) is 0 Å². The van der Waals surface area contributed by atoms with E-state index in [1.165, 1.54) is 0 Å². The van der Waals surface area contributed by atoms with Crippen LogP contribution in [0.1, 0.15) is 19.3 Å². The van der Waals surface area contributed by atoms with Crippen LogP contribution < -0.4 is 20.7 Å². The van der Waals surface area contributed by atoms with Gasteiger partial charge in [0.2, 0.25) is 5.91 Å². The number of nitrogens with one attached hydrogen (secondary N) is 1. The minimum Gasteiger partial charge on any atom is -0.495 e. The van der Waals surface area contributed by atoms with Crippen LogP contribution in [-0.4, -0.2) is 38.7 Å². The molecule has 22 heavy (non-hydrogen) atoms. The molecule has 3 N–H and O–H groups in total. The lowest BCUT2D eigenvalue weighted by molar-refractivity contribution is -0.121. The lowest BCUT2D eigenvalue weighted by Gasteiger charge is -2.34. The summed E-state index contributed by atoms with van der Waals surface area (Å²) in [6.45, 7) is 2.26. The molecular formula is C15H25Cl2N3O2. The summed E-state index contributed by atoms with van der Waals surface area (Å²) in [7, 11) is 1.69. The van der Waals surface area contributed by atoms with Crippen molar-refractivity contribution in [1.29, 1.82) is 0 Å². The van der Waals surface area contributed by atoms with Crippen molar-refractivity contribution < 1.29 is 9.53 Å². The van der Waals surface area contributed by atoms with Crippen molar-refractivity contribution in [1.82, 2.24) is 5.32 Å². The molecule has 126 valence electrons. The predicted molar refractivity (Wildman–Crippen MR) is 94.5 cm³/mol. The van der Waals surface area contributed by atoms with Crippen LogP contribution in [0.3, 0.4) is 0 Å². The zero-order chi connectivity index (χ0) is 14.4. The minimum atomic E-state index is 0. The van der Waals surface area contributed by atoms with E-state index in [-0.39, 0.29) is 36.8 Å². The van der Waals surface area contributed by atoms with Gasteiger partial charge in [-0.2, -0.15) is 0 Å². The summed E-state index contributed by atoms with van der Waals surface area (Å²) in [6, 6.07) is 8.31. The number of halogens is 2. The number of carbonyl (C=O) groups is 1. The highest BCUT2D eigenvalue weighted by atomic mass is 35.5. The molecule has 2 rings (SSSR count). The SMILES string of the molecule is COc1ccccc1N1CCC(NC(=O)CCN)CC1.Cl.Cl. The quantitative estimate of drug-likeness (QED) is 0.852. The van der Waals surface area contributed by atoms with E-state index in [0.29, 0.717) is 13.0 Å². The highest BCUT2D eigenvalue weighted by Crippen LogP contribution is 2.29. The van der Waals surface area contributed by atoms with Crippen LogP contribution in [0, 0.1) is 0 Å². The van der Waals surface area contributed by atoms with Gasteiger partial charge < -0.3 is 20.7 Å². The van der Waals surface area contributed by atoms with Gasteiger partial charge in [-0.05, 0) is 25.0 Å². The van der Waals surface area contributed by atoms with Crippen molar-refractivity contribution in [3.05, 3.63) is 24.3 Å². The highest BCUT2D eigenvalue weighted by molar-refractivity contribution is 5.85. The second-order valence-corrected chi connectivity index (χ2v) is 5.04. The van der Waals surface area contributed by atoms with Crippen LogP contribution in [0.15, 0.2) is 24.3 Å². The third-order valence-corrected chi connectivity index (χ3v) is 3.66. The first-order chi connectivity index (χ1) is 9.74. The van der Waals surface area contributed by atoms with Crippen LogP contribution in [0.4, 0.5) is 5.69 Å². The molecule has 0 atom stereocenters. The third kappa shape index (κ3) is 5.55. The summed E-state index contributed by atoms with van der Waals surface area (Å²) in [5.74, 6) is 0.960. The van der Waals surface area contributed by atoms with Crippen LogP contribution in [-0.2, 0) is 4.79 Å². The second kappa shape index (κ2) is 10.5. The lowest BCUT2D eigenvalue weighted by atomic mass is 10.0. The Morgan fingerprint density at radius 3 is 2.55 bits per heavy atom. The fourth-order valence-electron chi connectivity index (χ4n) is 2.59. The fraction of sp³-hybridized carbons (Fsp3) is 0.533. The number of benzene rings is 1. The Hall–Kier alpha value is -1.17. The molecule has 1 aliphatic rings. The van der Waals surface area contributed by atoms with E-state index in [1.807, 2.05) is 18.2 Å². The van der Waals surface area contributed by atoms with Gasteiger partial charge in [0.05, 0.1) is 12.8 Å². The number of methoxy groups -OCH3 is 1.